The summed E-state index contributed by atoms with van der Waals surface area (Å²) in [7, 11) is 1.54. The first-order valence-corrected chi connectivity index (χ1v) is 9.38. The molecule has 1 aliphatic rings. The van der Waals surface area contributed by atoms with E-state index < -0.39 is 6.04 Å². The molecule has 0 saturated carbocycles. The van der Waals surface area contributed by atoms with E-state index in [1.807, 2.05) is 13.0 Å². The minimum Gasteiger partial charge on any atom is -0.493 e. The van der Waals surface area contributed by atoms with Gasteiger partial charge in [0.15, 0.2) is 18.1 Å². The third-order valence-corrected chi connectivity index (χ3v) is 4.44. The number of ether oxygens (including phenoxy) is 3. The number of carbonyl (C=O) groups is 2. The van der Waals surface area contributed by atoms with Crippen molar-refractivity contribution in [3.63, 3.8) is 0 Å². The van der Waals surface area contributed by atoms with Gasteiger partial charge in [0.1, 0.15) is 6.04 Å². The first-order chi connectivity index (χ1) is 14.1. The summed E-state index contributed by atoms with van der Waals surface area (Å²) in [5.74, 6) is 0.539. The fraction of sp³-hybridized carbons (Fsp3) is 0.333. The number of hydrogen-bond acceptors (Lipinski definition) is 6. The summed E-state index contributed by atoms with van der Waals surface area (Å²) in [5.41, 5.74) is 1.13. The number of rotatable bonds is 7. The van der Waals surface area contributed by atoms with Crippen LogP contribution in [0.2, 0.25) is 0 Å². The van der Waals surface area contributed by atoms with Crippen LogP contribution in [-0.2, 0) is 14.3 Å². The summed E-state index contributed by atoms with van der Waals surface area (Å²) in [6, 6.07) is 13.6. The number of hydrogen-bond donors (Lipinski definition) is 3. The normalized spacial score (nSPS) is 18.6. The zero-order valence-corrected chi connectivity index (χ0v) is 16.4. The fourth-order valence-electron chi connectivity index (χ4n) is 3.00. The molecule has 0 aliphatic carbocycles. The Morgan fingerprint density at radius 3 is 2.55 bits per heavy atom. The largest absolute Gasteiger partial charge is 0.493 e. The molecule has 2 aromatic rings. The van der Waals surface area contributed by atoms with Gasteiger partial charge in [0, 0.05) is 17.9 Å². The van der Waals surface area contributed by atoms with Crippen LogP contribution in [0.4, 0.5) is 11.4 Å². The molecule has 0 radical (unpaired) electrons. The predicted octanol–water partition coefficient (Wildman–Crippen LogP) is 2.03. The van der Waals surface area contributed by atoms with Crippen LogP contribution in [0, 0.1) is 0 Å². The van der Waals surface area contributed by atoms with Gasteiger partial charge in [-0.05, 0) is 37.3 Å². The molecule has 154 valence electrons. The van der Waals surface area contributed by atoms with Crippen LogP contribution >= 0.6 is 0 Å². The van der Waals surface area contributed by atoms with Crippen LogP contribution in [0.1, 0.15) is 6.92 Å². The first-order valence-electron chi connectivity index (χ1n) is 9.38. The minimum absolute atomic E-state index is 0.169. The first kappa shape index (κ1) is 20.6. The lowest BCUT2D eigenvalue weighted by Gasteiger charge is -2.29. The number of para-hydroxylation sites is 2. The summed E-state index contributed by atoms with van der Waals surface area (Å²) in [6.07, 6.45) is -0.209. The second kappa shape index (κ2) is 9.90. The lowest BCUT2D eigenvalue weighted by atomic mass is 10.1. The molecule has 1 saturated heterocycles. The number of morpholine rings is 1. The average Bonchev–Trinajstić information content (AvgIpc) is 2.73. The molecule has 2 amide bonds. The Kier molecular flexibility index (Phi) is 7.04. The molecule has 3 N–H and O–H groups in total. The van der Waals surface area contributed by atoms with E-state index in [9.17, 15) is 9.59 Å². The fourth-order valence-corrected chi connectivity index (χ4v) is 3.00. The van der Waals surface area contributed by atoms with Crippen LogP contribution < -0.4 is 25.4 Å². The van der Waals surface area contributed by atoms with Crippen molar-refractivity contribution in [3.05, 3.63) is 48.5 Å². The molecule has 2 aromatic carbocycles. The van der Waals surface area contributed by atoms with E-state index in [1.54, 1.807) is 42.5 Å². The zero-order chi connectivity index (χ0) is 20.6. The maximum atomic E-state index is 12.5. The van der Waals surface area contributed by atoms with Crippen molar-refractivity contribution < 1.29 is 23.8 Å². The highest BCUT2D eigenvalue weighted by molar-refractivity contribution is 5.97. The number of methoxy groups -OCH3 is 1. The quantitative estimate of drug-likeness (QED) is 0.659. The Bertz CT molecular complexity index is 858. The number of carbonyl (C=O) groups excluding carboxylic acids is 2. The predicted molar refractivity (Wildman–Crippen MR) is 109 cm³/mol. The highest BCUT2D eigenvalue weighted by Crippen LogP contribution is 2.25. The van der Waals surface area contributed by atoms with Gasteiger partial charge in [-0.1, -0.05) is 18.2 Å². The third kappa shape index (κ3) is 5.69. The number of nitrogens with one attached hydrogen (secondary N) is 3. The van der Waals surface area contributed by atoms with Crippen molar-refractivity contribution in [1.29, 1.82) is 0 Å². The second-order valence-corrected chi connectivity index (χ2v) is 6.57. The zero-order valence-electron chi connectivity index (χ0n) is 16.4. The van der Waals surface area contributed by atoms with Crippen LogP contribution in [0.15, 0.2) is 48.5 Å². The van der Waals surface area contributed by atoms with Gasteiger partial charge in [-0.2, -0.15) is 0 Å². The third-order valence-electron chi connectivity index (χ3n) is 4.44. The lowest BCUT2D eigenvalue weighted by Crippen LogP contribution is -2.53. The SMILES string of the molecule is COc1ccccc1OCC(=O)Nc1cccc(NC(=O)[C@H]2NCCO[C@@H]2C)c1. The summed E-state index contributed by atoms with van der Waals surface area (Å²) in [5, 5.41) is 8.75. The van der Waals surface area contributed by atoms with E-state index in [1.165, 1.54) is 7.11 Å². The molecule has 29 heavy (non-hydrogen) atoms. The van der Waals surface area contributed by atoms with Gasteiger partial charge in [-0.15, -0.1) is 0 Å². The van der Waals surface area contributed by atoms with Gasteiger partial charge >= 0.3 is 0 Å². The van der Waals surface area contributed by atoms with E-state index >= 15 is 0 Å². The molecular weight excluding hydrogens is 374 g/mol. The van der Waals surface area contributed by atoms with Gasteiger partial charge in [0.25, 0.3) is 5.91 Å². The molecule has 1 heterocycles. The van der Waals surface area contributed by atoms with E-state index in [0.717, 1.165) is 0 Å². The standard InChI is InChI=1S/C21H25N3O5/c1-14-20(22-10-11-28-14)21(26)24-16-7-5-6-15(12-16)23-19(25)13-29-18-9-4-3-8-17(18)27-2/h3-9,12,14,20,22H,10-11,13H2,1-2H3,(H,23,25)(H,24,26)/t14-,20+/m1/s1. The highest BCUT2D eigenvalue weighted by Gasteiger charge is 2.28. The average molecular weight is 399 g/mol. The van der Waals surface area contributed by atoms with Crippen molar-refractivity contribution in [2.75, 3.05) is 37.5 Å². The number of benzene rings is 2. The second-order valence-electron chi connectivity index (χ2n) is 6.57. The summed E-state index contributed by atoms with van der Waals surface area (Å²) >= 11 is 0. The summed E-state index contributed by atoms with van der Waals surface area (Å²) in [6.45, 7) is 2.90. The van der Waals surface area contributed by atoms with Crippen LogP contribution in [0.5, 0.6) is 11.5 Å². The van der Waals surface area contributed by atoms with Crippen LogP contribution in [0.25, 0.3) is 0 Å². The number of anilines is 2. The molecular formula is C21H25N3O5. The maximum absolute atomic E-state index is 12.5. The van der Waals surface area contributed by atoms with Gasteiger partial charge in [0.2, 0.25) is 5.91 Å². The Hall–Kier alpha value is -3.10. The summed E-state index contributed by atoms with van der Waals surface area (Å²) in [4.78, 5) is 24.7. The van der Waals surface area contributed by atoms with Crippen molar-refractivity contribution in [3.8, 4) is 11.5 Å². The molecule has 8 heteroatoms. The molecule has 3 rings (SSSR count). The monoisotopic (exact) mass is 399 g/mol. The van der Waals surface area contributed by atoms with Crippen molar-refractivity contribution in [2.45, 2.75) is 19.1 Å². The highest BCUT2D eigenvalue weighted by atomic mass is 16.5. The van der Waals surface area contributed by atoms with Gasteiger partial charge < -0.3 is 30.2 Å². The Balaban J connectivity index is 1.55. The molecule has 1 aliphatic heterocycles. The molecule has 2 atom stereocenters. The van der Waals surface area contributed by atoms with Crippen molar-refractivity contribution in [1.82, 2.24) is 5.32 Å². The van der Waals surface area contributed by atoms with E-state index in [4.69, 9.17) is 14.2 Å². The maximum Gasteiger partial charge on any atom is 0.262 e. The Morgan fingerprint density at radius 2 is 1.83 bits per heavy atom. The van der Waals surface area contributed by atoms with Crippen molar-refractivity contribution in [2.24, 2.45) is 0 Å². The Morgan fingerprint density at radius 1 is 1.10 bits per heavy atom. The smallest absolute Gasteiger partial charge is 0.262 e. The molecule has 8 nitrogen and oxygen atoms in total. The minimum atomic E-state index is -0.420. The summed E-state index contributed by atoms with van der Waals surface area (Å²) < 4.78 is 16.2. The molecule has 0 bridgehead atoms. The van der Waals surface area contributed by atoms with E-state index in [-0.39, 0.29) is 24.5 Å². The van der Waals surface area contributed by atoms with E-state index in [0.29, 0.717) is 36.0 Å². The van der Waals surface area contributed by atoms with Gasteiger partial charge in [0.05, 0.1) is 19.8 Å². The molecule has 0 unspecified atom stereocenters. The number of amides is 2. The van der Waals surface area contributed by atoms with E-state index in [2.05, 4.69) is 16.0 Å². The molecule has 0 spiro atoms. The topological polar surface area (TPSA) is 97.9 Å². The van der Waals surface area contributed by atoms with Gasteiger partial charge in [-0.25, -0.2) is 0 Å². The lowest BCUT2D eigenvalue weighted by molar-refractivity contribution is -0.123. The van der Waals surface area contributed by atoms with Crippen LogP contribution in [0.3, 0.4) is 0 Å². The molecule has 1 fully saturated rings. The van der Waals surface area contributed by atoms with Gasteiger partial charge in [-0.3, -0.25) is 9.59 Å². The van der Waals surface area contributed by atoms with Crippen LogP contribution in [-0.4, -0.2) is 50.8 Å². The van der Waals surface area contributed by atoms with Crippen molar-refractivity contribution >= 4 is 23.2 Å². The molecule has 0 aromatic heterocycles. The Labute approximate surface area is 169 Å².